The Morgan fingerprint density at radius 2 is 2.09 bits per heavy atom. The third-order valence-corrected chi connectivity index (χ3v) is 4.91. The van der Waals surface area contributed by atoms with Crippen LogP contribution >= 0.6 is 11.3 Å². The van der Waals surface area contributed by atoms with Gasteiger partial charge in [-0.3, -0.25) is 0 Å². The molecule has 1 aromatic heterocycles. The molecule has 1 aliphatic heterocycles. The number of likely N-dealkylation sites (tertiary alicyclic amines) is 1. The first-order chi connectivity index (χ1) is 10.6. The Morgan fingerprint density at radius 1 is 1.36 bits per heavy atom. The topological polar surface area (TPSA) is 49.8 Å². The molecule has 0 radical (unpaired) electrons. The highest BCUT2D eigenvalue weighted by Crippen LogP contribution is 2.19. The summed E-state index contributed by atoms with van der Waals surface area (Å²) < 4.78 is 5.73. The number of hydrogen-bond donors (Lipinski definition) is 1. The van der Waals surface area contributed by atoms with Gasteiger partial charge in [0.2, 0.25) is 0 Å². The van der Waals surface area contributed by atoms with E-state index in [1.165, 1.54) is 4.88 Å². The predicted molar refractivity (Wildman–Crippen MR) is 92.6 cm³/mol. The van der Waals surface area contributed by atoms with Crippen LogP contribution in [0.4, 0.5) is 0 Å². The number of hydrogen-bond acceptors (Lipinski definition) is 4. The van der Waals surface area contributed by atoms with Gasteiger partial charge in [-0.25, -0.2) is 9.98 Å². The van der Waals surface area contributed by atoms with Crippen molar-refractivity contribution in [3.8, 4) is 0 Å². The summed E-state index contributed by atoms with van der Waals surface area (Å²) in [6, 6.07) is 0. The molecule has 0 unspecified atom stereocenters. The van der Waals surface area contributed by atoms with Crippen LogP contribution in [-0.2, 0) is 11.3 Å². The molecule has 2 rings (SSSR count). The van der Waals surface area contributed by atoms with Gasteiger partial charge in [0.1, 0.15) is 0 Å². The van der Waals surface area contributed by atoms with Crippen LogP contribution in [0.5, 0.6) is 0 Å². The van der Waals surface area contributed by atoms with E-state index in [0.717, 1.165) is 55.7 Å². The highest BCUT2D eigenvalue weighted by atomic mass is 32.1. The van der Waals surface area contributed by atoms with Crippen molar-refractivity contribution in [2.75, 3.05) is 26.2 Å². The number of ether oxygens (including phenoxy) is 1. The van der Waals surface area contributed by atoms with E-state index in [-0.39, 0.29) is 0 Å². The van der Waals surface area contributed by atoms with Gasteiger partial charge >= 0.3 is 0 Å². The monoisotopic (exact) mass is 324 g/mol. The van der Waals surface area contributed by atoms with Crippen LogP contribution in [0.1, 0.15) is 42.3 Å². The van der Waals surface area contributed by atoms with Gasteiger partial charge in [-0.1, -0.05) is 0 Å². The van der Waals surface area contributed by atoms with Crippen molar-refractivity contribution in [3.05, 3.63) is 15.6 Å². The first-order valence-corrected chi connectivity index (χ1v) is 9.03. The van der Waals surface area contributed by atoms with Gasteiger partial charge in [-0.05, 0) is 40.5 Å². The lowest BCUT2D eigenvalue weighted by Gasteiger charge is -2.34. The molecule has 1 aromatic rings. The maximum absolute atomic E-state index is 5.73. The summed E-state index contributed by atoms with van der Waals surface area (Å²) >= 11 is 1.74. The number of aryl methyl sites for hydroxylation is 2. The molecule has 6 heteroatoms. The molecule has 5 nitrogen and oxygen atoms in total. The summed E-state index contributed by atoms with van der Waals surface area (Å²) in [5, 5.41) is 4.53. The Hall–Kier alpha value is -1.14. The van der Waals surface area contributed by atoms with E-state index >= 15 is 0 Å². The van der Waals surface area contributed by atoms with Crippen LogP contribution in [0, 0.1) is 13.8 Å². The van der Waals surface area contributed by atoms with E-state index < -0.39 is 0 Å². The number of guanidine groups is 1. The molecule has 0 aromatic carbocycles. The zero-order valence-corrected chi connectivity index (χ0v) is 15.0. The molecule has 124 valence electrons. The fourth-order valence-electron chi connectivity index (χ4n) is 2.76. The van der Waals surface area contributed by atoms with Crippen molar-refractivity contribution >= 4 is 17.3 Å². The Morgan fingerprint density at radius 3 is 2.64 bits per heavy atom. The number of nitrogens with one attached hydrogen (secondary N) is 1. The standard InChI is InChI=1S/C16H28N4OS/c1-5-17-16(18-11-15-12(3)19-13(4)22-15)20-9-7-14(8-10-20)21-6-2/h14H,5-11H2,1-4H3,(H,17,18). The molecule has 0 aliphatic carbocycles. The van der Waals surface area contributed by atoms with Gasteiger partial charge in [-0.2, -0.15) is 0 Å². The molecule has 1 N–H and O–H groups in total. The average Bonchev–Trinajstić information content (AvgIpc) is 2.83. The number of rotatable bonds is 5. The second kappa shape index (κ2) is 8.48. The summed E-state index contributed by atoms with van der Waals surface area (Å²) in [5.41, 5.74) is 1.11. The fraction of sp³-hybridized carbons (Fsp3) is 0.750. The lowest BCUT2D eigenvalue weighted by atomic mass is 10.1. The number of aromatic nitrogens is 1. The van der Waals surface area contributed by atoms with Gasteiger partial charge in [-0.15, -0.1) is 11.3 Å². The summed E-state index contributed by atoms with van der Waals surface area (Å²) in [6.45, 7) is 12.7. The van der Waals surface area contributed by atoms with Crippen molar-refractivity contribution in [3.63, 3.8) is 0 Å². The van der Waals surface area contributed by atoms with Gasteiger partial charge in [0.05, 0.1) is 23.4 Å². The zero-order chi connectivity index (χ0) is 15.9. The van der Waals surface area contributed by atoms with Crippen molar-refractivity contribution in [2.45, 2.75) is 53.2 Å². The van der Waals surface area contributed by atoms with Crippen LogP contribution in [0.15, 0.2) is 4.99 Å². The van der Waals surface area contributed by atoms with Crippen LogP contribution < -0.4 is 5.32 Å². The summed E-state index contributed by atoms with van der Waals surface area (Å²) in [4.78, 5) is 12.9. The normalized spacial score (nSPS) is 17.1. The first kappa shape index (κ1) is 17.2. The predicted octanol–water partition coefficient (Wildman–Crippen LogP) is 2.73. The van der Waals surface area contributed by atoms with Crippen molar-refractivity contribution in [2.24, 2.45) is 4.99 Å². The van der Waals surface area contributed by atoms with Crippen LogP contribution in [0.25, 0.3) is 0 Å². The maximum Gasteiger partial charge on any atom is 0.194 e. The van der Waals surface area contributed by atoms with Gasteiger partial charge in [0.25, 0.3) is 0 Å². The van der Waals surface area contributed by atoms with Gasteiger partial charge in [0, 0.05) is 31.1 Å². The SMILES string of the molecule is CCNC(=NCc1sc(C)nc1C)N1CCC(OCC)CC1. The van der Waals surface area contributed by atoms with Crippen molar-refractivity contribution in [1.29, 1.82) is 0 Å². The third-order valence-electron chi connectivity index (χ3n) is 3.85. The van der Waals surface area contributed by atoms with Crippen molar-refractivity contribution < 1.29 is 4.74 Å². The molecular weight excluding hydrogens is 296 g/mol. The average molecular weight is 324 g/mol. The minimum Gasteiger partial charge on any atom is -0.378 e. The van der Waals surface area contributed by atoms with Crippen LogP contribution in [0.2, 0.25) is 0 Å². The number of aliphatic imine (C=N–C) groups is 1. The summed E-state index contributed by atoms with van der Waals surface area (Å²) in [6.07, 6.45) is 2.57. The van der Waals surface area contributed by atoms with E-state index in [9.17, 15) is 0 Å². The molecule has 0 saturated carbocycles. The maximum atomic E-state index is 5.73. The molecule has 1 saturated heterocycles. The molecule has 2 heterocycles. The minimum atomic E-state index is 0.413. The van der Waals surface area contributed by atoms with Crippen molar-refractivity contribution in [1.82, 2.24) is 15.2 Å². The van der Waals surface area contributed by atoms with Crippen LogP contribution in [-0.4, -0.2) is 48.2 Å². The Kier molecular flexibility index (Phi) is 6.64. The number of thiazole rings is 1. The lowest BCUT2D eigenvalue weighted by Crippen LogP contribution is -2.47. The Bertz CT molecular complexity index is 492. The number of nitrogens with zero attached hydrogens (tertiary/aromatic N) is 3. The highest BCUT2D eigenvalue weighted by Gasteiger charge is 2.21. The minimum absolute atomic E-state index is 0.413. The third kappa shape index (κ3) is 4.68. The fourth-order valence-corrected chi connectivity index (χ4v) is 3.62. The van der Waals surface area contributed by atoms with Gasteiger partial charge in [0.15, 0.2) is 5.96 Å². The molecular formula is C16H28N4OS. The largest absolute Gasteiger partial charge is 0.378 e. The summed E-state index contributed by atoms with van der Waals surface area (Å²) in [7, 11) is 0. The van der Waals surface area contributed by atoms with E-state index in [2.05, 4.69) is 42.9 Å². The molecule has 0 spiro atoms. The second-order valence-corrected chi connectivity index (χ2v) is 6.84. The van der Waals surface area contributed by atoms with Gasteiger partial charge < -0.3 is 15.0 Å². The lowest BCUT2D eigenvalue weighted by molar-refractivity contribution is 0.0263. The quantitative estimate of drug-likeness (QED) is 0.668. The Labute approximate surface area is 137 Å². The summed E-state index contributed by atoms with van der Waals surface area (Å²) in [5.74, 6) is 1.02. The second-order valence-electron chi connectivity index (χ2n) is 5.55. The van der Waals surface area contributed by atoms with E-state index in [0.29, 0.717) is 12.6 Å². The Balaban J connectivity index is 1.97. The molecule has 0 atom stereocenters. The smallest absolute Gasteiger partial charge is 0.194 e. The number of piperidine rings is 1. The molecule has 1 fully saturated rings. The molecule has 0 amide bonds. The molecule has 0 bridgehead atoms. The van der Waals surface area contributed by atoms with E-state index in [1.807, 2.05) is 0 Å². The molecule has 1 aliphatic rings. The van der Waals surface area contributed by atoms with E-state index in [1.54, 1.807) is 11.3 Å². The first-order valence-electron chi connectivity index (χ1n) is 8.21. The highest BCUT2D eigenvalue weighted by molar-refractivity contribution is 7.11. The van der Waals surface area contributed by atoms with E-state index in [4.69, 9.17) is 9.73 Å². The zero-order valence-electron chi connectivity index (χ0n) is 14.2. The van der Waals surface area contributed by atoms with Crippen LogP contribution in [0.3, 0.4) is 0 Å². The molecule has 22 heavy (non-hydrogen) atoms.